The van der Waals surface area contributed by atoms with Crippen molar-refractivity contribution in [2.75, 3.05) is 31.8 Å². The van der Waals surface area contributed by atoms with Crippen molar-refractivity contribution in [1.82, 2.24) is 14.9 Å². The van der Waals surface area contributed by atoms with Crippen molar-refractivity contribution < 1.29 is 9.53 Å². The number of fused-ring (bicyclic) bond motifs is 2. The van der Waals surface area contributed by atoms with Gasteiger partial charge in [0.15, 0.2) is 5.82 Å². The number of benzene rings is 1. The molecule has 0 atom stereocenters. The van der Waals surface area contributed by atoms with Crippen molar-refractivity contribution >= 4 is 29.2 Å². The number of piperidine rings is 1. The van der Waals surface area contributed by atoms with Crippen molar-refractivity contribution in [2.45, 2.75) is 49.5 Å². The van der Waals surface area contributed by atoms with Crippen molar-refractivity contribution in [3.8, 4) is 0 Å². The molecule has 1 fully saturated rings. The van der Waals surface area contributed by atoms with E-state index in [1.165, 1.54) is 12.8 Å². The second-order valence-corrected chi connectivity index (χ2v) is 9.55. The number of hydrogen-bond donors (Lipinski definition) is 0. The van der Waals surface area contributed by atoms with Crippen molar-refractivity contribution in [2.24, 2.45) is 11.8 Å². The van der Waals surface area contributed by atoms with Crippen LogP contribution in [0.25, 0.3) is 0 Å². The minimum Gasteiger partial charge on any atom is -0.364 e. The molecule has 7 heteroatoms. The largest absolute Gasteiger partial charge is 0.364 e. The first-order valence-corrected chi connectivity index (χ1v) is 11.6. The number of rotatable bonds is 6. The molecule has 0 spiro atoms. The average Bonchev–Trinajstić information content (AvgIpc) is 2.77. The fourth-order valence-corrected chi connectivity index (χ4v) is 5.16. The molecule has 30 heavy (non-hydrogen) atoms. The molecule has 0 unspecified atom stereocenters. The van der Waals surface area contributed by atoms with Gasteiger partial charge in [-0.1, -0.05) is 38.5 Å². The van der Waals surface area contributed by atoms with Gasteiger partial charge < -0.3 is 9.64 Å². The molecule has 160 valence electrons. The molecule has 4 rings (SSSR count). The van der Waals surface area contributed by atoms with Gasteiger partial charge in [0.2, 0.25) is 0 Å². The number of amides is 1. The highest BCUT2D eigenvalue weighted by atomic mass is 32.2. The van der Waals surface area contributed by atoms with Crippen LogP contribution in [-0.4, -0.2) is 47.7 Å². The molecule has 3 heterocycles. The molecule has 2 aliphatic rings. The Bertz CT molecular complexity index is 897. The van der Waals surface area contributed by atoms with Gasteiger partial charge in [0, 0.05) is 43.1 Å². The molecular formula is C23H30N4O2S. The third kappa shape index (κ3) is 4.47. The highest BCUT2D eigenvalue weighted by molar-refractivity contribution is 7.99. The maximum Gasteiger partial charge on any atom is 0.253 e. The number of aromatic nitrogens is 2. The second kappa shape index (κ2) is 9.35. The van der Waals surface area contributed by atoms with E-state index < -0.39 is 0 Å². The number of carbonyl (C=O) groups excluding carboxylic acids is 1. The monoisotopic (exact) mass is 426 g/mol. The Kier molecular flexibility index (Phi) is 6.58. The van der Waals surface area contributed by atoms with E-state index in [-0.39, 0.29) is 5.91 Å². The number of anilines is 2. The zero-order chi connectivity index (χ0) is 21.1. The lowest BCUT2D eigenvalue weighted by Gasteiger charge is -2.33. The van der Waals surface area contributed by atoms with E-state index in [0.29, 0.717) is 6.73 Å². The molecule has 1 aromatic heterocycles. The Morgan fingerprint density at radius 3 is 2.73 bits per heavy atom. The summed E-state index contributed by atoms with van der Waals surface area (Å²) < 4.78 is 5.42. The van der Waals surface area contributed by atoms with Crippen molar-refractivity contribution in [3.05, 3.63) is 36.2 Å². The molecule has 2 aliphatic heterocycles. The maximum atomic E-state index is 13.2. The molecule has 0 N–H and O–H groups in total. The molecule has 0 radical (unpaired) electrons. The minimum absolute atomic E-state index is 0.118. The van der Waals surface area contributed by atoms with Gasteiger partial charge in [-0.2, -0.15) is 0 Å². The Morgan fingerprint density at radius 1 is 1.23 bits per heavy atom. The van der Waals surface area contributed by atoms with Crippen molar-refractivity contribution in [1.29, 1.82) is 0 Å². The van der Waals surface area contributed by atoms with Crippen molar-refractivity contribution in [3.63, 3.8) is 0 Å². The van der Waals surface area contributed by atoms with Gasteiger partial charge in [0.1, 0.15) is 11.8 Å². The fourth-order valence-electron chi connectivity index (χ4n) is 4.18. The van der Waals surface area contributed by atoms with Crippen LogP contribution in [0.5, 0.6) is 0 Å². The molecular weight excluding hydrogens is 396 g/mol. The summed E-state index contributed by atoms with van der Waals surface area (Å²) in [4.78, 5) is 27.2. The van der Waals surface area contributed by atoms with Crippen LogP contribution in [0.15, 0.2) is 40.5 Å². The summed E-state index contributed by atoms with van der Waals surface area (Å²) in [6.07, 6.45) is 8.16. The first-order valence-electron chi connectivity index (χ1n) is 10.8. The Morgan fingerprint density at radius 2 is 2.00 bits per heavy atom. The maximum absolute atomic E-state index is 13.2. The van der Waals surface area contributed by atoms with E-state index in [1.807, 2.05) is 28.0 Å². The van der Waals surface area contributed by atoms with Gasteiger partial charge in [-0.15, -0.1) is 0 Å². The van der Waals surface area contributed by atoms with Crippen LogP contribution < -0.4 is 4.90 Å². The number of nitrogens with zero attached hydrogens (tertiary/aromatic N) is 4. The molecule has 0 bridgehead atoms. The van der Waals surface area contributed by atoms with E-state index >= 15 is 0 Å². The summed E-state index contributed by atoms with van der Waals surface area (Å²) in [5.74, 6) is 2.39. The van der Waals surface area contributed by atoms with E-state index in [1.54, 1.807) is 31.3 Å². The van der Waals surface area contributed by atoms with Gasteiger partial charge in [-0.3, -0.25) is 9.69 Å². The number of methoxy groups -OCH3 is 1. The lowest BCUT2D eigenvalue weighted by Crippen LogP contribution is -2.38. The molecule has 6 nitrogen and oxygen atoms in total. The second-order valence-electron chi connectivity index (χ2n) is 8.52. The van der Waals surface area contributed by atoms with Crippen LogP contribution >= 0.6 is 11.8 Å². The quantitative estimate of drug-likeness (QED) is 0.650. The summed E-state index contributed by atoms with van der Waals surface area (Å²) in [7, 11) is 1.66. The number of hydrogen-bond acceptors (Lipinski definition) is 6. The van der Waals surface area contributed by atoms with Crippen LogP contribution in [0.3, 0.4) is 0 Å². The Hall–Kier alpha value is -2.12. The zero-order valence-corrected chi connectivity index (χ0v) is 18.8. The summed E-state index contributed by atoms with van der Waals surface area (Å²) in [5, 5.41) is 0.851. The van der Waals surface area contributed by atoms with E-state index in [0.717, 1.165) is 64.8 Å². The minimum atomic E-state index is 0.118. The third-order valence-electron chi connectivity index (χ3n) is 5.92. The van der Waals surface area contributed by atoms with Crippen LogP contribution in [0.1, 0.15) is 49.9 Å². The number of carbonyl (C=O) groups is 1. The first-order chi connectivity index (χ1) is 14.6. The SMILES string of the molecule is COCN1c2cc(C(=O)N3CCC(CCC(C)C)CC3)ccc2Sc2nccnc21. The summed E-state index contributed by atoms with van der Waals surface area (Å²) >= 11 is 1.58. The number of likely N-dealkylation sites (tertiary alicyclic amines) is 1. The first kappa shape index (κ1) is 21.1. The van der Waals surface area contributed by atoms with E-state index in [2.05, 4.69) is 23.8 Å². The summed E-state index contributed by atoms with van der Waals surface area (Å²) in [6.45, 7) is 6.62. The molecule has 1 amide bonds. The highest BCUT2D eigenvalue weighted by Gasteiger charge is 2.28. The van der Waals surface area contributed by atoms with Gasteiger partial charge in [-0.25, -0.2) is 9.97 Å². The topological polar surface area (TPSA) is 58.6 Å². The summed E-state index contributed by atoms with van der Waals surface area (Å²) in [6, 6.07) is 5.93. The van der Waals surface area contributed by atoms with E-state index in [9.17, 15) is 4.79 Å². The lowest BCUT2D eigenvalue weighted by molar-refractivity contribution is 0.0684. The Labute approximate surface area is 183 Å². The van der Waals surface area contributed by atoms with Crippen LogP contribution in [0.2, 0.25) is 0 Å². The van der Waals surface area contributed by atoms with Gasteiger partial charge >= 0.3 is 0 Å². The van der Waals surface area contributed by atoms with Crippen LogP contribution in [-0.2, 0) is 4.74 Å². The fraction of sp³-hybridized carbons (Fsp3) is 0.522. The molecule has 0 aliphatic carbocycles. The standard InChI is InChI=1S/C23H30N4O2S/c1-16(2)4-5-17-8-12-26(13-9-17)23(28)18-6-7-20-19(14-18)27(15-29-3)21-22(30-20)25-11-10-24-21/h6-7,10-11,14,16-17H,4-5,8-9,12-13,15H2,1-3H3. The predicted molar refractivity (Wildman–Crippen MR) is 119 cm³/mol. The smallest absolute Gasteiger partial charge is 0.253 e. The molecule has 1 saturated heterocycles. The molecule has 2 aromatic rings. The van der Waals surface area contributed by atoms with Gasteiger partial charge in [-0.05, 0) is 42.9 Å². The third-order valence-corrected chi connectivity index (χ3v) is 6.96. The lowest BCUT2D eigenvalue weighted by atomic mass is 9.89. The Balaban J connectivity index is 1.49. The predicted octanol–water partition coefficient (Wildman–Crippen LogP) is 4.97. The average molecular weight is 427 g/mol. The van der Waals surface area contributed by atoms with Gasteiger partial charge in [0.05, 0.1) is 5.69 Å². The van der Waals surface area contributed by atoms with E-state index in [4.69, 9.17) is 4.74 Å². The van der Waals surface area contributed by atoms with Crippen LogP contribution in [0.4, 0.5) is 11.5 Å². The zero-order valence-electron chi connectivity index (χ0n) is 18.0. The number of ether oxygens (including phenoxy) is 1. The van der Waals surface area contributed by atoms with Gasteiger partial charge in [0.25, 0.3) is 5.91 Å². The molecule has 0 saturated carbocycles. The summed E-state index contributed by atoms with van der Waals surface area (Å²) in [5.41, 5.74) is 1.68. The highest BCUT2D eigenvalue weighted by Crippen LogP contribution is 2.46. The van der Waals surface area contributed by atoms with Crippen LogP contribution in [0, 0.1) is 11.8 Å². The normalized spacial score (nSPS) is 16.5. The molecule has 1 aromatic carbocycles.